The number of likely N-dealkylation sites (tertiary alicyclic amines) is 1. The molecule has 1 amide bonds. The molecule has 2 rings (SSSR count). The monoisotopic (exact) mass is 268 g/mol. The zero-order valence-corrected chi connectivity index (χ0v) is 11.6. The van der Waals surface area contributed by atoms with E-state index < -0.39 is 0 Å². The van der Waals surface area contributed by atoms with Crippen LogP contribution in [0.1, 0.15) is 28.8 Å². The van der Waals surface area contributed by atoms with Gasteiger partial charge in [0, 0.05) is 18.7 Å². The Morgan fingerprint density at radius 1 is 1.39 bits per heavy atom. The number of halogens is 1. The van der Waals surface area contributed by atoms with Gasteiger partial charge >= 0.3 is 0 Å². The van der Waals surface area contributed by atoms with Crippen molar-refractivity contribution in [1.29, 1.82) is 0 Å². The molecule has 3 nitrogen and oxygen atoms in total. The van der Waals surface area contributed by atoms with Crippen LogP contribution in [0.15, 0.2) is 24.3 Å². The van der Waals surface area contributed by atoms with E-state index in [0.29, 0.717) is 12.5 Å². The molecule has 0 bridgehead atoms. The first-order chi connectivity index (χ1) is 8.20. The van der Waals surface area contributed by atoms with Gasteiger partial charge in [0.25, 0.3) is 5.91 Å². The molecule has 0 aliphatic carbocycles. The number of aryl methyl sites for hydroxylation is 1. The summed E-state index contributed by atoms with van der Waals surface area (Å²) in [6.45, 7) is 4.38. The van der Waals surface area contributed by atoms with Crippen LogP contribution in [0.25, 0.3) is 0 Å². The summed E-state index contributed by atoms with van der Waals surface area (Å²) in [6, 6.07) is 7.78. The number of carbonyl (C=O) groups is 1. The summed E-state index contributed by atoms with van der Waals surface area (Å²) in [4.78, 5) is 14.2. The Hall–Kier alpha value is -1.06. The summed E-state index contributed by atoms with van der Waals surface area (Å²) < 4.78 is 0. The minimum Gasteiger partial charge on any atom is -0.338 e. The van der Waals surface area contributed by atoms with Gasteiger partial charge in [-0.3, -0.25) is 4.79 Å². The molecule has 1 aliphatic heterocycles. The number of hydrogen-bond donors (Lipinski definition) is 1. The van der Waals surface area contributed by atoms with E-state index in [4.69, 9.17) is 5.73 Å². The van der Waals surface area contributed by atoms with Crippen molar-refractivity contribution in [2.75, 3.05) is 19.6 Å². The highest BCUT2D eigenvalue weighted by Crippen LogP contribution is 2.17. The lowest BCUT2D eigenvalue weighted by molar-refractivity contribution is 0.0678. The Bertz CT molecular complexity index is 391. The average molecular weight is 269 g/mol. The van der Waals surface area contributed by atoms with Crippen LogP contribution in [0, 0.1) is 12.8 Å². The molecule has 1 atom stereocenters. The van der Waals surface area contributed by atoms with Crippen LogP contribution < -0.4 is 5.73 Å². The molecule has 4 heteroatoms. The third kappa shape index (κ3) is 3.47. The van der Waals surface area contributed by atoms with Gasteiger partial charge in [0.1, 0.15) is 0 Å². The van der Waals surface area contributed by atoms with Gasteiger partial charge in [0.15, 0.2) is 0 Å². The number of piperidine rings is 1. The van der Waals surface area contributed by atoms with E-state index in [2.05, 4.69) is 0 Å². The van der Waals surface area contributed by atoms with Crippen molar-refractivity contribution in [3.05, 3.63) is 35.4 Å². The van der Waals surface area contributed by atoms with Gasteiger partial charge in [-0.2, -0.15) is 0 Å². The lowest BCUT2D eigenvalue weighted by Gasteiger charge is -2.32. The number of amides is 1. The van der Waals surface area contributed by atoms with E-state index in [9.17, 15) is 4.79 Å². The Balaban J connectivity index is 0.00000162. The van der Waals surface area contributed by atoms with Crippen LogP contribution in [0.4, 0.5) is 0 Å². The van der Waals surface area contributed by atoms with E-state index >= 15 is 0 Å². The first-order valence-electron chi connectivity index (χ1n) is 6.26. The minimum absolute atomic E-state index is 0. The number of nitrogens with zero attached hydrogens (tertiary/aromatic N) is 1. The topological polar surface area (TPSA) is 46.3 Å². The van der Waals surface area contributed by atoms with Crippen molar-refractivity contribution in [3.63, 3.8) is 0 Å². The lowest BCUT2D eigenvalue weighted by atomic mass is 9.97. The highest BCUT2D eigenvalue weighted by molar-refractivity contribution is 5.94. The summed E-state index contributed by atoms with van der Waals surface area (Å²) in [5.74, 6) is 0.612. The van der Waals surface area contributed by atoms with Gasteiger partial charge in [0.2, 0.25) is 0 Å². The Labute approximate surface area is 115 Å². The number of carbonyl (C=O) groups excluding carboxylic acids is 1. The van der Waals surface area contributed by atoms with Gasteiger partial charge in [-0.05, 0) is 44.4 Å². The van der Waals surface area contributed by atoms with Crippen LogP contribution in [0.5, 0.6) is 0 Å². The maximum absolute atomic E-state index is 12.3. The van der Waals surface area contributed by atoms with Crippen molar-refractivity contribution in [2.45, 2.75) is 19.8 Å². The SMILES string of the molecule is Cc1ccc(C(=O)N2CCCC(CN)C2)cc1.Cl. The first kappa shape index (κ1) is 15.0. The highest BCUT2D eigenvalue weighted by Gasteiger charge is 2.23. The molecule has 0 aromatic heterocycles. The van der Waals surface area contributed by atoms with Crippen LogP contribution in [-0.4, -0.2) is 30.4 Å². The van der Waals surface area contributed by atoms with Crippen molar-refractivity contribution in [2.24, 2.45) is 11.7 Å². The molecule has 0 spiro atoms. The van der Waals surface area contributed by atoms with E-state index in [0.717, 1.165) is 31.5 Å². The molecule has 1 unspecified atom stereocenters. The Kier molecular flexibility index (Phi) is 5.63. The van der Waals surface area contributed by atoms with Gasteiger partial charge in [0.05, 0.1) is 0 Å². The third-order valence-electron chi connectivity index (χ3n) is 3.44. The van der Waals surface area contributed by atoms with Crippen molar-refractivity contribution < 1.29 is 4.79 Å². The smallest absolute Gasteiger partial charge is 0.253 e. The van der Waals surface area contributed by atoms with E-state index in [1.165, 1.54) is 5.56 Å². The molecule has 18 heavy (non-hydrogen) atoms. The number of rotatable bonds is 2. The minimum atomic E-state index is 0. The summed E-state index contributed by atoms with van der Waals surface area (Å²) in [5, 5.41) is 0. The maximum Gasteiger partial charge on any atom is 0.253 e. The van der Waals surface area contributed by atoms with Gasteiger partial charge in [-0.25, -0.2) is 0 Å². The quantitative estimate of drug-likeness (QED) is 0.894. The van der Waals surface area contributed by atoms with Crippen LogP contribution >= 0.6 is 12.4 Å². The zero-order valence-electron chi connectivity index (χ0n) is 10.8. The Morgan fingerprint density at radius 3 is 2.67 bits per heavy atom. The molecular formula is C14H21ClN2O. The second kappa shape index (κ2) is 6.76. The molecule has 1 aromatic rings. The molecular weight excluding hydrogens is 248 g/mol. The molecule has 2 N–H and O–H groups in total. The molecule has 0 radical (unpaired) electrons. The summed E-state index contributed by atoms with van der Waals surface area (Å²) in [6.07, 6.45) is 2.22. The second-order valence-corrected chi connectivity index (χ2v) is 4.86. The van der Waals surface area contributed by atoms with E-state index in [1.807, 2.05) is 36.1 Å². The molecule has 1 fully saturated rings. The number of hydrogen-bond acceptors (Lipinski definition) is 2. The predicted octanol–water partition coefficient (Wildman–Crippen LogP) is 2.23. The van der Waals surface area contributed by atoms with Crippen LogP contribution in [0.2, 0.25) is 0 Å². The predicted molar refractivity (Wildman–Crippen MR) is 76.1 cm³/mol. The van der Waals surface area contributed by atoms with Gasteiger partial charge in [-0.1, -0.05) is 17.7 Å². The zero-order chi connectivity index (χ0) is 12.3. The average Bonchev–Trinajstić information content (AvgIpc) is 2.39. The van der Waals surface area contributed by atoms with Crippen LogP contribution in [0.3, 0.4) is 0 Å². The maximum atomic E-state index is 12.3. The van der Waals surface area contributed by atoms with Crippen LogP contribution in [-0.2, 0) is 0 Å². The fourth-order valence-electron chi connectivity index (χ4n) is 2.32. The molecule has 100 valence electrons. The third-order valence-corrected chi connectivity index (χ3v) is 3.44. The van der Waals surface area contributed by atoms with Crippen molar-refractivity contribution >= 4 is 18.3 Å². The standard InChI is InChI=1S/C14H20N2O.ClH/c1-11-4-6-13(7-5-11)14(17)16-8-2-3-12(9-15)10-16;/h4-7,12H,2-3,8-10,15H2,1H3;1H. The molecule has 0 saturated carbocycles. The number of benzene rings is 1. The van der Waals surface area contributed by atoms with E-state index in [-0.39, 0.29) is 18.3 Å². The molecule has 1 aromatic carbocycles. The summed E-state index contributed by atoms with van der Waals surface area (Å²) in [7, 11) is 0. The van der Waals surface area contributed by atoms with Crippen molar-refractivity contribution in [1.82, 2.24) is 4.90 Å². The molecule has 1 heterocycles. The first-order valence-corrected chi connectivity index (χ1v) is 6.26. The fraction of sp³-hybridized carbons (Fsp3) is 0.500. The number of nitrogens with two attached hydrogens (primary N) is 1. The Morgan fingerprint density at radius 2 is 2.06 bits per heavy atom. The largest absolute Gasteiger partial charge is 0.338 e. The fourth-order valence-corrected chi connectivity index (χ4v) is 2.32. The van der Waals surface area contributed by atoms with Gasteiger partial charge in [-0.15, -0.1) is 12.4 Å². The summed E-state index contributed by atoms with van der Waals surface area (Å²) in [5.41, 5.74) is 7.65. The highest BCUT2D eigenvalue weighted by atomic mass is 35.5. The van der Waals surface area contributed by atoms with Gasteiger partial charge < -0.3 is 10.6 Å². The molecule has 1 saturated heterocycles. The second-order valence-electron chi connectivity index (χ2n) is 4.86. The normalized spacial score (nSPS) is 19.2. The van der Waals surface area contributed by atoms with E-state index in [1.54, 1.807) is 0 Å². The van der Waals surface area contributed by atoms with Crippen molar-refractivity contribution in [3.8, 4) is 0 Å². The molecule has 1 aliphatic rings. The lowest BCUT2D eigenvalue weighted by Crippen LogP contribution is -2.42. The summed E-state index contributed by atoms with van der Waals surface area (Å²) >= 11 is 0.